The van der Waals surface area contributed by atoms with Crippen LogP contribution in [-0.2, 0) is 26.1 Å². The number of hydrogen-bond donors (Lipinski definition) is 0. The van der Waals surface area contributed by atoms with E-state index in [1.54, 1.807) is 6.20 Å². The minimum absolute atomic E-state index is 0.0438. The highest BCUT2D eigenvalue weighted by atomic mass is 16.1. The van der Waals surface area contributed by atoms with Gasteiger partial charge >= 0.3 is 0 Å². The van der Waals surface area contributed by atoms with Crippen LogP contribution in [0, 0.1) is 18.3 Å². The van der Waals surface area contributed by atoms with Gasteiger partial charge in [-0.25, -0.2) is 4.98 Å². The number of nitriles is 1. The molecule has 0 amide bonds. The molecule has 0 unspecified atom stereocenters. The van der Waals surface area contributed by atoms with Gasteiger partial charge in [-0.15, -0.1) is 0 Å². The summed E-state index contributed by atoms with van der Waals surface area (Å²) in [7, 11) is 0. The molecule has 158 valence electrons. The number of pyridine rings is 2. The normalized spacial score (nSPS) is 13.6. The summed E-state index contributed by atoms with van der Waals surface area (Å²) in [6.07, 6.45) is 2.58. The van der Waals surface area contributed by atoms with Gasteiger partial charge in [-0.05, 0) is 54.3 Å². The molecular weight excluding hydrogens is 396 g/mol. The number of fused-ring (bicyclic) bond motifs is 3. The Morgan fingerprint density at radius 3 is 2.66 bits per heavy atom. The highest BCUT2D eigenvalue weighted by Gasteiger charge is 2.24. The van der Waals surface area contributed by atoms with Crippen molar-refractivity contribution < 1.29 is 0 Å². The monoisotopic (exact) mass is 420 g/mol. The summed E-state index contributed by atoms with van der Waals surface area (Å²) in [5.41, 5.74) is 6.83. The van der Waals surface area contributed by atoms with Gasteiger partial charge in [0.25, 0.3) is 5.56 Å². The van der Waals surface area contributed by atoms with Crippen molar-refractivity contribution in [2.45, 2.75) is 33.0 Å². The van der Waals surface area contributed by atoms with Crippen LogP contribution in [0.1, 0.15) is 33.4 Å². The first kappa shape index (κ1) is 20.2. The molecule has 0 saturated heterocycles. The average molecular weight is 421 g/mol. The maximum absolute atomic E-state index is 13.7. The molecule has 0 saturated carbocycles. The zero-order valence-corrected chi connectivity index (χ0v) is 18.1. The lowest BCUT2D eigenvalue weighted by atomic mass is 9.97. The first-order chi connectivity index (χ1) is 15.6. The molecule has 1 aliphatic heterocycles. The summed E-state index contributed by atoms with van der Waals surface area (Å²) in [5.74, 6) is 0. The third kappa shape index (κ3) is 3.81. The van der Waals surface area contributed by atoms with Crippen LogP contribution in [0.15, 0.2) is 71.7 Å². The number of benzene rings is 2. The molecule has 1 aliphatic rings. The van der Waals surface area contributed by atoms with Crippen molar-refractivity contribution in [2.24, 2.45) is 0 Å². The van der Waals surface area contributed by atoms with Crippen LogP contribution in [0.4, 0.5) is 0 Å². The second kappa shape index (κ2) is 8.41. The summed E-state index contributed by atoms with van der Waals surface area (Å²) >= 11 is 0. The third-order valence-electron chi connectivity index (χ3n) is 6.22. The number of aryl methyl sites for hydroxylation is 1. The predicted octanol–water partition coefficient (Wildman–Crippen LogP) is 4.18. The van der Waals surface area contributed by atoms with Crippen LogP contribution >= 0.6 is 0 Å². The standard InChI is InChI=1S/C27H24N4O/c1-19-7-9-20(10-8-19)17-31-26-24(6-3-12-29-26)23-11-13-30(18-25(23)27(31)32)16-22-5-2-4-21(14-22)15-28/h2-10,12,14H,11,13,16-18H2,1H3. The molecule has 0 N–H and O–H groups in total. The lowest BCUT2D eigenvalue weighted by molar-refractivity contribution is 0.244. The Morgan fingerprint density at radius 2 is 1.84 bits per heavy atom. The van der Waals surface area contributed by atoms with E-state index in [-0.39, 0.29) is 5.56 Å². The topological polar surface area (TPSA) is 61.9 Å². The molecular formula is C27H24N4O. The Labute approximate surface area is 187 Å². The van der Waals surface area contributed by atoms with Gasteiger partial charge in [0.05, 0.1) is 18.2 Å². The highest BCUT2D eigenvalue weighted by Crippen LogP contribution is 2.25. The van der Waals surface area contributed by atoms with Gasteiger partial charge in [-0.1, -0.05) is 42.0 Å². The predicted molar refractivity (Wildman–Crippen MR) is 125 cm³/mol. The van der Waals surface area contributed by atoms with Gasteiger partial charge in [0.1, 0.15) is 5.65 Å². The number of nitrogens with zero attached hydrogens (tertiary/aromatic N) is 4. The smallest absolute Gasteiger partial charge is 0.257 e. The summed E-state index contributed by atoms with van der Waals surface area (Å²) in [5, 5.41) is 10.3. The number of aromatic nitrogens is 2. The van der Waals surface area contributed by atoms with Crippen molar-refractivity contribution >= 4 is 11.0 Å². The fraction of sp³-hybridized carbons (Fsp3) is 0.222. The van der Waals surface area contributed by atoms with Crippen molar-refractivity contribution in [3.63, 3.8) is 0 Å². The quantitative estimate of drug-likeness (QED) is 0.497. The summed E-state index contributed by atoms with van der Waals surface area (Å²) in [4.78, 5) is 20.5. The van der Waals surface area contributed by atoms with Gasteiger partial charge in [0.15, 0.2) is 0 Å². The molecule has 0 bridgehead atoms. The highest BCUT2D eigenvalue weighted by molar-refractivity contribution is 5.80. The molecule has 32 heavy (non-hydrogen) atoms. The van der Waals surface area contributed by atoms with E-state index < -0.39 is 0 Å². The second-order valence-electron chi connectivity index (χ2n) is 8.48. The molecule has 0 aliphatic carbocycles. The molecule has 0 fully saturated rings. The van der Waals surface area contributed by atoms with Crippen molar-refractivity contribution in [3.8, 4) is 6.07 Å². The Kier molecular flexibility index (Phi) is 5.30. The molecule has 5 nitrogen and oxygen atoms in total. The zero-order chi connectivity index (χ0) is 22.1. The first-order valence-corrected chi connectivity index (χ1v) is 10.9. The Morgan fingerprint density at radius 1 is 1.00 bits per heavy atom. The Bertz CT molecular complexity index is 1400. The molecule has 5 heteroatoms. The molecule has 0 atom stereocenters. The van der Waals surface area contributed by atoms with Crippen LogP contribution in [0.3, 0.4) is 0 Å². The van der Waals surface area contributed by atoms with Crippen LogP contribution in [-0.4, -0.2) is 21.0 Å². The van der Waals surface area contributed by atoms with Crippen LogP contribution in [0.5, 0.6) is 0 Å². The fourth-order valence-electron chi connectivity index (χ4n) is 4.57. The van der Waals surface area contributed by atoms with Crippen molar-refractivity contribution in [2.75, 3.05) is 6.54 Å². The molecule has 3 heterocycles. The maximum atomic E-state index is 13.7. The van der Waals surface area contributed by atoms with E-state index in [2.05, 4.69) is 53.2 Å². The Balaban J connectivity index is 1.53. The van der Waals surface area contributed by atoms with Gasteiger partial charge in [0, 0.05) is 36.8 Å². The van der Waals surface area contributed by atoms with E-state index in [0.717, 1.165) is 52.8 Å². The van der Waals surface area contributed by atoms with E-state index in [1.807, 2.05) is 34.9 Å². The van der Waals surface area contributed by atoms with Gasteiger partial charge in [-0.3, -0.25) is 14.3 Å². The van der Waals surface area contributed by atoms with Gasteiger partial charge < -0.3 is 0 Å². The van der Waals surface area contributed by atoms with Crippen LogP contribution in [0.2, 0.25) is 0 Å². The SMILES string of the molecule is Cc1ccc(Cn2c(=O)c3c(c4cccnc42)CCN(Cc2cccc(C#N)c2)C3)cc1. The molecule has 4 aromatic rings. The minimum Gasteiger partial charge on any atom is -0.294 e. The number of rotatable bonds is 4. The van der Waals surface area contributed by atoms with Gasteiger partial charge in [-0.2, -0.15) is 5.26 Å². The van der Waals surface area contributed by atoms with Gasteiger partial charge in [0.2, 0.25) is 0 Å². The van der Waals surface area contributed by atoms with E-state index in [0.29, 0.717) is 18.7 Å². The van der Waals surface area contributed by atoms with Crippen molar-refractivity contribution in [3.05, 3.63) is 111 Å². The maximum Gasteiger partial charge on any atom is 0.257 e. The first-order valence-electron chi connectivity index (χ1n) is 10.9. The number of hydrogen-bond acceptors (Lipinski definition) is 4. The van der Waals surface area contributed by atoms with Crippen molar-refractivity contribution in [1.29, 1.82) is 5.26 Å². The minimum atomic E-state index is 0.0438. The Hall–Kier alpha value is -3.75. The van der Waals surface area contributed by atoms with Crippen LogP contribution in [0.25, 0.3) is 11.0 Å². The van der Waals surface area contributed by atoms with E-state index in [4.69, 9.17) is 0 Å². The zero-order valence-electron chi connectivity index (χ0n) is 18.1. The van der Waals surface area contributed by atoms with Crippen LogP contribution < -0.4 is 5.56 Å². The van der Waals surface area contributed by atoms with E-state index in [9.17, 15) is 10.1 Å². The van der Waals surface area contributed by atoms with E-state index >= 15 is 0 Å². The molecule has 2 aromatic carbocycles. The fourth-order valence-corrected chi connectivity index (χ4v) is 4.57. The van der Waals surface area contributed by atoms with Crippen molar-refractivity contribution in [1.82, 2.24) is 14.5 Å². The largest absolute Gasteiger partial charge is 0.294 e. The summed E-state index contributed by atoms with van der Waals surface area (Å²) in [6.45, 7) is 4.76. The molecule has 0 radical (unpaired) electrons. The third-order valence-corrected chi connectivity index (χ3v) is 6.22. The lowest BCUT2D eigenvalue weighted by Crippen LogP contribution is -2.37. The molecule has 5 rings (SSSR count). The summed E-state index contributed by atoms with van der Waals surface area (Å²) in [6, 6.07) is 22.2. The summed E-state index contributed by atoms with van der Waals surface area (Å²) < 4.78 is 1.82. The second-order valence-corrected chi connectivity index (χ2v) is 8.48. The molecule has 2 aromatic heterocycles. The van der Waals surface area contributed by atoms with E-state index in [1.165, 1.54) is 5.56 Å². The lowest BCUT2D eigenvalue weighted by Gasteiger charge is -2.30. The average Bonchev–Trinajstić information content (AvgIpc) is 2.83. The molecule has 0 spiro atoms.